The quantitative estimate of drug-likeness (QED) is 0.849. The molecule has 0 saturated carbocycles. The highest BCUT2D eigenvalue weighted by Gasteiger charge is 2.08. The molecule has 3 N–H and O–H groups in total. The Morgan fingerprint density at radius 3 is 2.77 bits per heavy atom. The maximum atomic E-state index is 8.83. The van der Waals surface area contributed by atoms with Crippen LogP contribution >= 0.6 is 15.9 Å². The number of benzene rings is 1. The fourth-order valence-electron chi connectivity index (χ4n) is 1.34. The topological polar surface area (TPSA) is 46.2 Å². The lowest BCUT2D eigenvalue weighted by atomic mass is 9.96. The van der Waals surface area contributed by atoms with Gasteiger partial charge in [-0.2, -0.15) is 0 Å². The zero-order chi connectivity index (χ0) is 9.68. The van der Waals surface area contributed by atoms with Gasteiger partial charge in [-0.05, 0) is 36.6 Å². The average Bonchev–Trinajstić information content (AvgIpc) is 2.14. The van der Waals surface area contributed by atoms with Crippen molar-refractivity contribution in [1.82, 2.24) is 0 Å². The van der Waals surface area contributed by atoms with Crippen LogP contribution < -0.4 is 5.73 Å². The molecule has 0 heterocycles. The summed E-state index contributed by atoms with van der Waals surface area (Å²) in [6.07, 6.45) is 0.729. The van der Waals surface area contributed by atoms with Crippen molar-refractivity contribution in [2.45, 2.75) is 12.3 Å². The van der Waals surface area contributed by atoms with Gasteiger partial charge in [0.15, 0.2) is 0 Å². The van der Waals surface area contributed by atoms with Gasteiger partial charge in [-0.25, -0.2) is 0 Å². The van der Waals surface area contributed by atoms with E-state index in [1.165, 1.54) is 5.56 Å². The second-order valence-electron chi connectivity index (χ2n) is 3.00. The highest BCUT2D eigenvalue weighted by atomic mass is 79.9. The van der Waals surface area contributed by atoms with Gasteiger partial charge in [-0.3, -0.25) is 0 Å². The largest absolute Gasteiger partial charge is 0.396 e. The molecule has 0 radical (unpaired) electrons. The van der Waals surface area contributed by atoms with Gasteiger partial charge < -0.3 is 10.8 Å². The molecule has 1 unspecified atom stereocenters. The molecule has 2 nitrogen and oxygen atoms in total. The van der Waals surface area contributed by atoms with E-state index in [1.54, 1.807) is 0 Å². The summed E-state index contributed by atoms with van der Waals surface area (Å²) in [5.41, 5.74) is 6.80. The molecule has 0 bridgehead atoms. The van der Waals surface area contributed by atoms with Gasteiger partial charge in [0.2, 0.25) is 0 Å². The lowest BCUT2D eigenvalue weighted by molar-refractivity contribution is 0.276. The van der Waals surface area contributed by atoms with E-state index in [9.17, 15) is 0 Å². The Morgan fingerprint density at radius 2 is 2.23 bits per heavy atom. The Morgan fingerprint density at radius 1 is 1.46 bits per heavy atom. The molecule has 1 aromatic rings. The molecular weight excluding hydrogens is 230 g/mol. The number of hydrogen-bond donors (Lipinski definition) is 2. The van der Waals surface area contributed by atoms with Crippen LogP contribution in [0.1, 0.15) is 17.9 Å². The van der Waals surface area contributed by atoms with Gasteiger partial charge in [0.05, 0.1) is 0 Å². The molecule has 13 heavy (non-hydrogen) atoms. The zero-order valence-electron chi connectivity index (χ0n) is 7.41. The number of rotatable bonds is 4. The summed E-state index contributed by atoms with van der Waals surface area (Å²) in [7, 11) is 0. The Hall–Kier alpha value is -0.380. The van der Waals surface area contributed by atoms with Gasteiger partial charge in [0.1, 0.15) is 0 Å². The SMILES string of the molecule is NCC(CCO)c1cccc(Br)c1. The molecular formula is C10H14BrNO. The first-order valence-electron chi connectivity index (χ1n) is 4.34. The Balaban J connectivity index is 2.78. The molecule has 0 aliphatic rings. The monoisotopic (exact) mass is 243 g/mol. The van der Waals surface area contributed by atoms with Crippen LogP contribution in [-0.2, 0) is 0 Å². The number of aliphatic hydroxyl groups is 1. The maximum absolute atomic E-state index is 8.83. The van der Waals surface area contributed by atoms with Crippen molar-refractivity contribution in [2.24, 2.45) is 5.73 Å². The number of aliphatic hydroxyl groups excluding tert-OH is 1. The summed E-state index contributed by atoms with van der Waals surface area (Å²) in [5, 5.41) is 8.83. The smallest absolute Gasteiger partial charge is 0.0437 e. The summed E-state index contributed by atoms with van der Waals surface area (Å²) in [4.78, 5) is 0. The molecule has 72 valence electrons. The molecule has 1 aromatic carbocycles. The minimum atomic E-state index is 0.189. The maximum Gasteiger partial charge on any atom is 0.0437 e. The van der Waals surface area contributed by atoms with Crippen LogP contribution in [0, 0.1) is 0 Å². The van der Waals surface area contributed by atoms with Crippen LogP contribution in [-0.4, -0.2) is 18.3 Å². The van der Waals surface area contributed by atoms with E-state index in [0.29, 0.717) is 6.54 Å². The lowest BCUT2D eigenvalue weighted by Crippen LogP contribution is -2.13. The first-order valence-corrected chi connectivity index (χ1v) is 5.13. The van der Waals surface area contributed by atoms with Crippen LogP contribution in [0.4, 0.5) is 0 Å². The number of halogens is 1. The van der Waals surface area contributed by atoms with Gasteiger partial charge >= 0.3 is 0 Å². The van der Waals surface area contributed by atoms with Gasteiger partial charge in [0, 0.05) is 11.1 Å². The molecule has 0 saturated heterocycles. The highest BCUT2D eigenvalue weighted by Crippen LogP contribution is 2.21. The molecule has 1 atom stereocenters. The summed E-state index contributed by atoms with van der Waals surface area (Å²) in [6, 6.07) is 8.06. The lowest BCUT2D eigenvalue weighted by Gasteiger charge is -2.13. The van der Waals surface area contributed by atoms with Crippen molar-refractivity contribution in [3.63, 3.8) is 0 Å². The fraction of sp³-hybridized carbons (Fsp3) is 0.400. The van der Waals surface area contributed by atoms with Crippen LogP contribution in [0.15, 0.2) is 28.7 Å². The second kappa shape index (κ2) is 5.37. The molecule has 1 rings (SSSR count). The van der Waals surface area contributed by atoms with Crippen LogP contribution in [0.2, 0.25) is 0 Å². The van der Waals surface area contributed by atoms with Crippen LogP contribution in [0.25, 0.3) is 0 Å². The summed E-state index contributed by atoms with van der Waals surface area (Å²) < 4.78 is 1.06. The van der Waals surface area contributed by atoms with Crippen molar-refractivity contribution in [3.8, 4) is 0 Å². The minimum absolute atomic E-state index is 0.189. The molecule has 3 heteroatoms. The third kappa shape index (κ3) is 3.10. The first kappa shape index (κ1) is 10.7. The Labute approximate surface area is 86.9 Å². The van der Waals surface area contributed by atoms with Crippen molar-refractivity contribution >= 4 is 15.9 Å². The van der Waals surface area contributed by atoms with Gasteiger partial charge in [-0.1, -0.05) is 28.1 Å². The van der Waals surface area contributed by atoms with Gasteiger partial charge in [-0.15, -0.1) is 0 Å². The van der Waals surface area contributed by atoms with E-state index >= 15 is 0 Å². The molecule has 0 amide bonds. The fourth-order valence-corrected chi connectivity index (χ4v) is 1.75. The van der Waals surface area contributed by atoms with E-state index < -0.39 is 0 Å². The third-order valence-corrected chi connectivity index (χ3v) is 2.58. The summed E-state index contributed by atoms with van der Waals surface area (Å²) in [6.45, 7) is 0.769. The molecule has 0 aromatic heterocycles. The van der Waals surface area contributed by atoms with Crippen molar-refractivity contribution in [1.29, 1.82) is 0 Å². The van der Waals surface area contributed by atoms with E-state index in [4.69, 9.17) is 10.8 Å². The average molecular weight is 244 g/mol. The predicted octanol–water partition coefficient (Wildman–Crippen LogP) is 1.87. The molecule has 0 aliphatic heterocycles. The summed E-state index contributed by atoms with van der Waals surface area (Å²) in [5.74, 6) is 0.266. The second-order valence-corrected chi connectivity index (χ2v) is 3.92. The van der Waals surface area contributed by atoms with Crippen LogP contribution in [0.5, 0.6) is 0 Å². The third-order valence-electron chi connectivity index (χ3n) is 2.08. The van der Waals surface area contributed by atoms with E-state index in [1.807, 2.05) is 24.3 Å². The van der Waals surface area contributed by atoms with E-state index in [2.05, 4.69) is 15.9 Å². The first-order chi connectivity index (χ1) is 6.27. The van der Waals surface area contributed by atoms with Crippen LogP contribution in [0.3, 0.4) is 0 Å². The van der Waals surface area contributed by atoms with Crippen molar-refractivity contribution in [3.05, 3.63) is 34.3 Å². The Bertz CT molecular complexity index is 265. The van der Waals surface area contributed by atoms with E-state index in [0.717, 1.165) is 10.9 Å². The zero-order valence-corrected chi connectivity index (χ0v) is 9.00. The molecule has 0 aliphatic carbocycles. The normalized spacial score (nSPS) is 12.8. The number of hydrogen-bond acceptors (Lipinski definition) is 2. The standard InChI is InChI=1S/C10H14BrNO/c11-10-3-1-2-8(6-10)9(7-12)4-5-13/h1-3,6,9,13H,4-5,7,12H2. The summed E-state index contributed by atoms with van der Waals surface area (Å²) >= 11 is 3.41. The molecule has 0 spiro atoms. The predicted molar refractivity (Wildman–Crippen MR) is 57.6 cm³/mol. The van der Waals surface area contributed by atoms with Gasteiger partial charge in [0.25, 0.3) is 0 Å². The Kier molecular flexibility index (Phi) is 4.42. The van der Waals surface area contributed by atoms with E-state index in [-0.39, 0.29) is 12.5 Å². The minimum Gasteiger partial charge on any atom is -0.396 e. The van der Waals surface area contributed by atoms with Crippen molar-refractivity contribution < 1.29 is 5.11 Å². The molecule has 0 fully saturated rings. The highest BCUT2D eigenvalue weighted by molar-refractivity contribution is 9.10. The van der Waals surface area contributed by atoms with Crippen molar-refractivity contribution in [2.75, 3.05) is 13.2 Å². The number of nitrogens with two attached hydrogens (primary N) is 1.